The minimum atomic E-state index is -5.03. The van der Waals surface area contributed by atoms with Crippen LogP contribution in [0.2, 0.25) is 0 Å². The van der Waals surface area contributed by atoms with Crippen LogP contribution in [0.25, 0.3) is 0 Å². The van der Waals surface area contributed by atoms with E-state index >= 15 is 0 Å². The molecule has 576 valence electrons. The van der Waals surface area contributed by atoms with Crippen LogP contribution in [0.4, 0.5) is 0 Å². The lowest BCUT2D eigenvalue weighted by Gasteiger charge is -2.21. The minimum Gasteiger partial charge on any atom is -0.462 e. The van der Waals surface area contributed by atoms with Crippen LogP contribution in [-0.2, 0) is 65.4 Å². The van der Waals surface area contributed by atoms with Crippen molar-refractivity contribution in [3.8, 4) is 0 Å². The number of carbonyl (C=O) groups excluding carboxylic acids is 4. The summed E-state index contributed by atoms with van der Waals surface area (Å²) in [6.45, 7) is 4.21. The molecule has 0 aliphatic heterocycles. The summed E-state index contributed by atoms with van der Waals surface area (Å²) in [6.07, 6.45) is 88.0. The molecule has 0 aliphatic carbocycles. The summed E-state index contributed by atoms with van der Waals surface area (Å²) in [5.41, 5.74) is 0. The predicted octanol–water partition coefficient (Wildman–Crippen LogP) is 22.0. The number of carbonyl (C=O) groups is 4. The van der Waals surface area contributed by atoms with Crippen LogP contribution in [0.15, 0.2) is 182 Å². The van der Waals surface area contributed by atoms with Gasteiger partial charge in [0.2, 0.25) is 0 Å². The van der Waals surface area contributed by atoms with Gasteiger partial charge < -0.3 is 33.8 Å². The number of aliphatic hydroxyl groups is 1. The second-order valence-electron chi connectivity index (χ2n) is 24.5. The third-order valence-electron chi connectivity index (χ3n) is 14.9. The molecule has 0 rings (SSSR count). The number of phosphoric acid groups is 2. The number of ether oxygens (including phenoxy) is 4. The molecule has 0 aromatic carbocycles. The van der Waals surface area contributed by atoms with Crippen LogP contribution >= 0.6 is 15.6 Å². The van der Waals surface area contributed by atoms with Crippen molar-refractivity contribution in [3.05, 3.63) is 182 Å². The first-order chi connectivity index (χ1) is 49.7. The smallest absolute Gasteiger partial charge is 0.462 e. The van der Waals surface area contributed by atoms with Crippen molar-refractivity contribution < 1.29 is 80.2 Å². The molecule has 0 saturated heterocycles. The topological polar surface area (TPSA) is 237 Å². The quantitative estimate of drug-likeness (QED) is 0.0169. The lowest BCUT2D eigenvalue weighted by molar-refractivity contribution is -0.161. The van der Waals surface area contributed by atoms with E-state index in [1.54, 1.807) is 18.2 Å². The van der Waals surface area contributed by atoms with Crippen LogP contribution in [0.3, 0.4) is 0 Å². The Kier molecular flexibility index (Phi) is 69.3. The molecule has 0 fully saturated rings. The Morgan fingerprint density at radius 2 is 0.559 bits per heavy atom. The molecule has 17 nitrogen and oxygen atoms in total. The van der Waals surface area contributed by atoms with Crippen molar-refractivity contribution in [3.63, 3.8) is 0 Å². The molecule has 0 aliphatic rings. The van der Waals surface area contributed by atoms with E-state index in [9.17, 15) is 43.2 Å². The number of hydrogen-bond donors (Lipinski definition) is 3. The zero-order valence-corrected chi connectivity index (χ0v) is 64.5. The van der Waals surface area contributed by atoms with Gasteiger partial charge >= 0.3 is 39.5 Å². The average molecular weight is 1460 g/mol. The van der Waals surface area contributed by atoms with Crippen LogP contribution < -0.4 is 0 Å². The van der Waals surface area contributed by atoms with Crippen LogP contribution in [0.1, 0.15) is 259 Å². The number of esters is 4. The number of rotatable bonds is 69. The van der Waals surface area contributed by atoms with Gasteiger partial charge in [-0.25, -0.2) is 9.13 Å². The van der Waals surface area contributed by atoms with Gasteiger partial charge in [0.25, 0.3) is 0 Å². The van der Waals surface area contributed by atoms with E-state index in [0.29, 0.717) is 25.7 Å². The number of allylic oxidation sites excluding steroid dienone is 28. The minimum absolute atomic E-state index is 0.0655. The molecule has 5 atom stereocenters. The van der Waals surface area contributed by atoms with E-state index in [2.05, 4.69) is 161 Å². The maximum Gasteiger partial charge on any atom is 0.472 e. The molecule has 0 radical (unpaired) electrons. The first kappa shape index (κ1) is 96.2. The Morgan fingerprint density at radius 3 is 0.912 bits per heavy atom. The van der Waals surface area contributed by atoms with Crippen LogP contribution in [-0.4, -0.2) is 96.7 Å². The fourth-order valence-corrected chi connectivity index (χ4v) is 10.8. The summed E-state index contributed by atoms with van der Waals surface area (Å²) >= 11 is 0. The summed E-state index contributed by atoms with van der Waals surface area (Å²) < 4.78 is 68.2. The number of phosphoric ester groups is 2. The van der Waals surface area contributed by atoms with Gasteiger partial charge in [-0.15, -0.1) is 0 Å². The Labute approximate surface area is 615 Å². The fourth-order valence-electron chi connectivity index (χ4n) is 9.24. The third-order valence-corrected chi connectivity index (χ3v) is 16.8. The summed E-state index contributed by atoms with van der Waals surface area (Å²) in [5, 5.41) is 10.6. The highest BCUT2D eigenvalue weighted by atomic mass is 31.2. The van der Waals surface area contributed by atoms with Gasteiger partial charge in [0.1, 0.15) is 19.3 Å². The van der Waals surface area contributed by atoms with Crippen LogP contribution in [0.5, 0.6) is 0 Å². The molecule has 0 aromatic rings. The highest BCUT2D eigenvalue weighted by Crippen LogP contribution is 2.45. The summed E-state index contributed by atoms with van der Waals surface area (Å²) in [4.78, 5) is 72.8. The zero-order valence-electron chi connectivity index (χ0n) is 62.7. The van der Waals surface area contributed by atoms with E-state index in [4.69, 9.17) is 37.0 Å². The van der Waals surface area contributed by atoms with Gasteiger partial charge in [0.05, 0.1) is 39.3 Å². The van der Waals surface area contributed by atoms with Gasteiger partial charge in [-0.3, -0.25) is 37.3 Å². The zero-order chi connectivity index (χ0) is 74.6. The second kappa shape index (κ2) is 73.5. The Hall–Kier alpha value is -5.84. The van der Waals surface area contributed by atoms with Crippen LogP contribution in [0, 0.1) is 0 Å². The summed E-state index contributed by atoms with van der Waals surface area (Å²) in [6, 6.07) is 0. The molecule has 0 heterocycles. The fraction of sp³-hybridized carbons (Fsp3) is 0.590. The largest absolute Gasteiger partial charge is 0.472 e. The average Bonchev–Trinajstić information content (AvgIpc) is 0.926. The number of unbranched alkanes of at least 4 members (excludes halogenated alkanes) is 15. The third kappa shape index (κ3) is 72.5. The Bertz CT molecular complexity index is 2650. The highest BCUT2D eigenvalue weighted by molar-refractivity contribution is 7.47. The predicted molar refractivity (Wildman–Crippen MR) is 417 cm³/mol. The van der Waals surface area contributed by atoms with E-state index in [0.717, 1.165) is 161 Å². The second-order valence-corrected chi connectivity index (χ2v) is 27.4. The van der Waals surface area contributed by atoms with Gasteiger partial charge in [-0.2, -0.15) is 0 Å². The summed E-state index contributed by atoms with van der Waals surface area (Å²) in [5.74, 6) is -2.52. The van der Waals surface area contributed by atoms with E-state index < -0.39 is 97.5 Å². The van der Waals surface area contributed by atoms with Crippen molar-refractivity contribution in [2.75, 3.05) is 39.6 Å². The first-order valence-corrected chi connectivity index (χ1v) is 41.0. The monoisotopic (exact) mass is 1460 g/mol. The number of aliphatic hydroxyl groups excluding tert-OH is 1. The summed E-state index contributed by atoms with van der Waals surface area (Å²) in [7, 11) is -10.0. The normalized spacial score (nSPS) is 14.9. The molecule has 19 heteroatoms. The standard InChI is InChI=1S/C83H132O17P2/c1-5-9-13-17-21-25-29-33-37-38-42-44-48-52-56-60-64-68-81(86)94-74-79(100-83(88)70-66-62-58-54-50-46-41-36-32-28-24-20-16-12-8-4)76-98-102(91,92)96-72-77(84)71-95-101(89,90)97-75-78(99-82(87)69-65-61-57-53-49-45-40-35-31-27-23-19-15-11-7-3)73-93-80(85)67-63-59-55-51-47-43-39-34-30-26-22-18-14-10-6-2/h9-11,13-15,21-28,33-37,39-41,47,49,51,53,59,61,63,65,77-79,84H,5-8,12,16-20,29-32,38,42-46,48,50,52,54-58,60,62,64,66-76H2,1-4H3,(H,89,90)(H,91,92)/b13-9-,14-10-,15-11-,25-21-,26-22-,27-23-,28-24-,37-33-,39-34-,40-35-,41-36-,51-47-,53-49-,63-59-,65-61-. The van der Waals surface area contributed by atoms with Gasteiger partial charge in [-0.1, -0.05) is 274 Å². The molecule has 5 unspecified atom stereocenters. The number of hydrogen-bond acceptors (Lipinski definition) is 15. The molecule has 0 aromatic heterocycles. The molecule has 0 amide bonds. The molecule has 102 heavy (non-hydrogen) atoms. The van der Waals surface area contributed by atoms with E-state index in [-0.39, 0.29) is 25.7 Å². The van der Waals surface area contributed by atoms with E-state index in [1.807, 2.05) is 30.4 Å². The first-order valence-electron chi connectivity index (χ1n) is 38.0. The van der Waals surface area contributed by atoms with Crippen molar-refractivity contribution in [1.82, 2.24) is 0 Å². The van der Waals surface area contributed by atoms with Gasteiger partial charge in [0.15, 0.2) is 12.2 Å². The maximum atomic E-state index is 13.1. The van der Waals surface area contributed by atoms with Crippen molar-refractivity contribution >= 4 is 39.5 Å². The van der Waals surface area contributed by atoms with Crippen molar-refractivity contribution in [1.29, 1.82) is 0 Å². The maximum absolute atomic E-state index is 13.1. The molecule has 3 N–H and O–H groups in total. The Balaban J connectivity index is 5.53. The molecule has 0 spiro atoms. The lowest BCUT2D eigenvalue weighted by Crippen LogP contribution is -2.30. The van der Waals surface area contributed by atoms with Gasteiger partial charge in [-0.05, 0) is 141 Å². The highest BCUT2D eigenvalue weighted by Gasteiger charge is 2.30. The molecular weight excluding hydrogens is 1330 g/mol. The SMILES string of the molecule is CC/C=C\C/C=C\C/C=C\C/C=C\C/C=C\CC(=O)OCC(COP(=O)(O)OCC(O)COP(=O)(O)OCC(COC(=O)CCCCCCCCC/C=C\C/C=C\C/C=C\CC)OC(=O)CCCCCCC/C=C\C/C=C\CCCCC)OC(=O)C/C=C\C/C=C\C/C=C\C/C=C\C/C=C\CC. The molecular formula is C83H132O17P2. The molecule has 0 bridgehead atoms. The lowest BCUT2D eigenvalue weighted by atomic mass is 10.1. The van der Waals surface area contributed by atoms with Crippen molar-refractivity contribution in [2.45, 2.75) is 277 Å². The van der Waals surface area contributed by atoms with Crippen molar-refractivity contribution in [2.24, 2.45) is 0 Å². The van der Waals surface area contributed by atoms with Gasteiger partial charge in [0, 0.05) is 12.8 Å². The molecule has 0 saturated carbocycles. The Morgan fingerprint density at radius 1 is 0.294 bits per heavy atom. The van der Waals surface area contributed by atoms with E-state index in [1.165, 1.54) is 19.3 Å².